The molecule has 11 nitrogen and oxygen atoms in total. The molecule has 0 atom stereocenters. The van der Waals surface area contributed by atoms with E-state index in [4.69, 9.17) is 10.5 Å². The van der Waals surface area contributed by atoms with Crippen LogP contribution in [0.4, 0.5) is 5.82 Å². The zero-order chi connectivity index (χ0) is 22.0. The number of hydrogen-bond acceptors (Lipinski definition) is 9. The molecule has 4 rings (SSSR count). The van der Waals surface area contributed by atoms with Gasteiger partial charge < -0.3 is 25.8 Å². The van der Waals surface area contributed by atoms with Crippen molar-refractivity contribution in [2.24, 2.45) is 5.73 Å². The first-order chi connectivity index (χ1) is 15.0. The van der Waals surface area contributed by atoms with Crippen LogP contribution in [0.2, 0.25) is 0 Å². The topological polar surface area (TPSA) is 161 Å². The van der Waals surface area contributed by atoms with E-state index in [1.54, 1.807) is 42.5 Å². The van der Waals surface area contributed by atoms with E-state index in [9.17, 15) is 14.8 Å². The Hall–Kier alpha value is -4.03. The third kappa shape index (κ3) is 4.15. The van der Waals surface area contributed by atoms with E-state index in [1.165, 1.54) is 11.8 Å². The fourth-order valence-electron chi connectivity index (χ4n) is 3.05. The summed E-state index contributed by atoms with van der Waals surface area (Å²) in [4.78, 5) is 20.4. The van der Waals surface area contributed by atoms with Gasteiger partial charge in [0.2, 0.25) is 5.88 Å². The summed E-state index contributed by atoms with van der Waals surface area (Å²) in [5, 5.41) is 29.9. The van der Waals surface area contributed by atoms with Crippen LogP contribution in [0.15, 0.2) is 48.5 Å². The number of nitrogens with zero attached hydrogens (tertiary/aromatic N) is 5. The number of anilines is 1. The molecule has 0 spiro atoms. The lowest BCUT2D eigenvalue weighted by molar-refractivity contribution is 0.100. The second-order valence-electron chi connectivity index (χ2n) is 6.61. The molecule has 12 heteroatoms. The monoisotopic (exact) mass is 419 g/mol. The van der Waals surface area contributed by atoms with Crippen LogP contribution in [0.25, 0.3) is 17.0 Å². The standard InChI is InChI=1S/C19H18BN7O4/c1-31-16-9-15(22-10-11-4-2-5-12(8-11)20(29)30)23-19(24-16)27-14-7-3-6-13(18(21)28)17(14)25-26-27/h2-9,29-30H,10H2,1H3,(H2,21,28)(H,22,23,24). The number of nitrogens with two attached hydrogens (primary N) is 1. The number of methoxy groups -OCH3 is 1. The van der Waals surface area contributed by atoms with Crippen molar-refractivity contribution in [3.8, 4) is 11.8 Å². The number of amides is 1. The molecule has 0 bridgehead atoms. The highest BCUT2D eigenvalue weighted by molar-refractivity contribution is 6.58. The average Bonchev–Trinajstić information content (AvgIpc) is 3.21. The second-order valence-corrected chi connectivity index (χ2v) is 6.61. The van der Waals surface area contributed by atoms with Gasteiger partial charge in [-0.1, -0.05) is 35.5 Å². The fraction of sp³-hybridized carbons (Fsp3) is 0.105. The normalized spacial score (nSPS) is 10.8. The third-order valence-corrected chi connectivity index (χ3v) is 4.55. The summed E-state index contributed by atoms with van der Waals surface area (Å²) in [6.07, 6.45) is 0. The highest BCUT2D eigenvalue weighted by atomic mass is 16.5. The zero-order valence-electron chi connectivity index (χ0n) is 16.4. The maximum atomic E-state index is 11.7. The molecule has 2 aromatic carbocycles. The lowest BCUT2D eigenvalue weighted by Crippen LogP contribution is -2.30. The molecule has 1 amide bonds. The number of nitrogens with one attached hydrogen (secondary N) is 1. The number of hydrogen-bond donors (Lipinski definition) is 4. The number of aromatic nitrogens is 5. The molecule has 5 N–H and O–H groups in total. The number of primary amides is 1. The number of ether oxygens (including phenoxy) is 1. The molecule has 4 aromatic rings. The van der Waals surface area contributed by atoms with E-state index >= 15 is 0 Å². The highest BCUT2D eigenvalue weighted by Gasteiger charge is 2.16. The van der Waals surface area contributed by atoms with Gasteiger partial charge in [-0.05, 0) is 23.2 Å². The van der Waals surface area contributed by atoms with Gasteiger partial charge in [-0.2, -0.15) is 14.6 Å². The van der Waals surface area contributed by atoms with Gasteiger partial charge in [-0.3, -0.25) is 4.79 Å². The van der Waals surface area contributed by atoms with Crippen LogP contribution in [0.5, 0.6) is 5.88 Å². The minimum atomic E-state index is -1.54. The molecule has 0 aliphatic carbocycles. The van der Waals surface area contributed by atoms with Crippen LogP contribution in [0, 0.1) is 0 Å². The van der Waals surface area contributed by atoms with E-state index in [0.717, 1.165) is 5.56 Å². The average molecular weight is 419 g/mol. The summed E-state index contributed by atoms with van der Waals surface area (Å²) in [5.74, 6) is 0.320. The summed E-state index contributed by atoms with van der Waals surface area (Å²) in [5.41, 5.74) is 7.73. The molecular weight excluding hydrogens is 401 g/mol. The smallest absolute Gasteiger partial charge is 0.481 e. The van der Waals surface area contributed by atoms with Gasteiger partial charge in [-0.15, -0.1) is 5.10 Å². The van der Waals surface area contributed by atoms with Gasteiger partial charge in [0, 0.05) is 12.6 Å². The van der Waals surface area contributed by atoms with Gasteiger partial charge in [0.1, 0.15) is 11.3 Å². The van der Waals surface area contributed by atoms with Crippen LogP contribution in [-0.4, -0.2) is 55.1 Å². The van der Waals surface area contributed by atoms with Crippen LogP contribution in [-0.2, 0) is 6.54 Å². The summed E-state index contributed by atoms with van der Waals surface area (Å²) >= 11 is 0. The van der Waals surface area contributed by atoms with Crippen LogP contribution < -0.4 is 21.3 Å². The van der Waals surface area contributed by atoms with Gasteiger partial charge in [0.05, 0.1) is 18.2 Å². The van der Waals surface area contributed by atoms with Gasteiger partial charge in [0.15, 0.2) is 0 Å². The van der Waals surface area contributed by atoms with Crippen molar-refractivity contribution < 1.29 is 19.6 Å². The van der Waals surface area contributed by atoms with Crippen LogP contribution in [0.1, 0.15) is 15.9 Å². The number of fused-ring (bicyclic) bond motifs is 1. The predicted molar refractivity (Wildman–Crippen MR) is 113 cm³/mol. The molecule has 31 heavy (non-hydrogen) atoms. The van der Waals surface area contributed by atoms with Gasteiger partial charge in [0.25, 0.3) is 11.9 Å². The van der Waals surface area contributed by atoms with E-state index in [2.05, 4.69) is 25.6 Å². The van der Waals surface area contributed by atoms with Crippen molar-refractivity contribution in [2.75, 3.05) is 12.4 Å². The molecule has 0 unspecified atom stereocenters. The third-order valence-electron chi connectivity index (χ3n) is 4.55. The zero-order valence-corrected chi connectivity index (χ0v) is 16.4. The minimum Gasteiger partial charge on any atom is -0.481 e. The molecule has 0 aliphatic heterocycles. The molecule has 0 radical (unpaired) electrons. The van der Waals surface area contributed by atoms with Crippen molar-refractivity contribution in [3.63, 3.8) is 0 Å². The van der Waals surface area contributed by atoms with E-state index in [0.29, 0.717) is 34.7 Å². The van der Waals surface area contributed by atoms with Crippen molar-refractivity contribution >= 4 is 35.3 Å². The first-order valence-corrected chi connectivity index (χ1v) is 9.23. The summed E-state index contributed by atoms with van der Waals surface area (Å²) in [7, 11) is -0.0660. The lowest BCUT2D eigenvalue weighted by Gasteiger charge is -2.10. The maximum Gasteiger partial charge on any atom is 0.488 e. The molecule has 156 valence electrons. The molecule has 0 aliphatic rings. The Bertz CT molecular complexity index is 1260. The molecule has 2 aromatic heterocycles. The first kappa shape index (κ1) is 20.3. The van der Waals surface area contributed by atoms with Crippen molar-refractivity contribution in [1.82, 2.24) is 25.0 Å². The predicted octanol–water partition coefficient (Wildman–Crippen LogP) is -0.390. The van der Waals surface area contributed by atoms with Crippen LogP contribution >= 0.6 is 0 Å². The lowest BCUT2D eigenvalue weighted by atomic mass is 9.80. The molecule has 2 heterocycles. The summed E-state index contributed by atoms with van der Waals surface area (Å²) < 4.78 is 6.66. The van der Waals surface area contributed by atoms with Gasteiger partial charge >= 0.3 is 7.12 Å². The Morgan fingerprint density at radius 2 is 2.00 bits per heavy atom. The van der Waals surface area contributed by atoms with Gasteiger partial charge in [-0.25, -0.2) is 0 Å². The molecule has 0 saturated carbocycles. The first-order valence-electron chi connectivity index (χ1n) is 9.23. The Labute approximate surface area is 176 Å². The Balaban J connectivity index is 1.67. The Morgan fingerprint density at radius 1 is 1.19 bits per heavy atom. The SMILES string of the molecule is COc1cc(NCc2cccc(B(O)O)c2)nc(-n2nnc3c(C(N)=O)cccc32)n1. The fourth-order valence-corrected chi connectivity index (χ4v) is 3.05. The van der Waals surface area contributed by atoms with Crippen molar-refractivity contribution in [2.45, 2.75) is 6.54 Å². The summed E-state index contributed by atoms with van der Waals surface area (Å²) in [6.45, 7) is 0.365. The quantitative estimate of drug-likeness (QED) is 0.292. The van der Waals surface area contributed by atoms with E-state index in [-0.39, 0.29) is 11.5 Å². The molecule has 0 fully saturated rings. The van der Waals surface area contributed by atoms with Crippen LogP contribution in [0.3, 0.4) is 0 Å². The maximum absolute atomic E-state index is 11.7. The summed E-state index contributed by atoms with van der Waals surface area (Å²) in [6, 6.07) is 13.4. The number of benzene rings is 2. The number of rotatable bonds is 7. The molecule has 0 saturated heterocycles. The van der Waals surface area contributed by atoms with E-state index in [1.807, 2.05) is 6.07 Å². The Morgan fingerprint density at radius 3 is 2.74 bits per heavy atom. The van der Waals surface area contributed by atoms with E-state index < -0.39 is 13.0 Å². The molecular formula is C19H18BN7O4. The highest BCUT2D eigenvalue weighted by Crippen LogP contribution is 2.21. The number of carbonyl (C=O) groups is 1. The number of carbonyl (C=O) groups excluding carboxylic acids is 1. The van der Waals surface area contributed by atoms with Crippen molar-refractivity contribution in [3.05, 3.63) is 59.7 Å². The second kappa shape index (κ2) is 8.38. The van der Waals surface area contributed by atoms with Crippen molar-refractivity contribution in [1.29, 1.82) is 0 Å². The largest absolute Gasteiger partial charge is 0.488 e. The Kier molecular flexibility index (Phi) is 5.47. The minimum absolute atomic E-state index is 0.186.